The fraction of sp³-hybridized carbons (Fsp3) is 0.312. The van der Waals surface area contributed by atoms with Crippen LogP contribution in [0.3, 0.4) is 0 Å². The van der Waals surface area contributed by atoms with E-state index in [1.807, 2.05) is 43.7 Å². The summed E-state index contributed by atoms with van der Waals surface area (Å²) in [5.74, 6) is 0.450. The molecule has 0 aliphatic heterocycles. The van der Waals surface area contributed by atoms with Crippen molar-refractivity contribution in [3.8, 4) is 10.8 Å². The largest absolute Gasteiger partial charge is 0.444 e. The molecule has 3 aromatic rings. The quantitative estimate of drug-likeness (QED) is 0.763. The average molecular weight is 347 g/mol. The number of amides is 1. The molecule has 3 rings (SSSR count). The van der Waals surface area contributed by atoms with Gasteiger partial charge in [-0.05, 0) is 32.2 Å². The molecule has 1 amide bonds. The molecule has 0 fully saturated rings. The number of aromatic nitrogens is 2. The predicted octanol–water partition coefficient (Wildman–Crippen LogP) is 3.76. The third-order valence-electron chi connectivity index (χ3n) is 3.23. The Morgan fingerprint density at radius 3 is 2.83 bits per heavy atom. The smallest absolute Gasteiger partial charge is 0.236 e. The summed E-state index contributed by atoms with van der Waals surface area (Å²) in [6.07, 6.45) is 1.72. The summed E-state index contributed by atoms with van der Waals surface area (Å²) >= 11 is 3.10. The molecule has 23 heavy (non-hydrogen) atoms. The van der Waals surface area contributed by atoms with E-state index >= 15 is 0 Å². The first-order valence-corrected chi connectivity index (χ1v) is 8.92. The van der Waals surface area contributed by atoms with Crippen LogP contribution in [0, 0.1) is 6.92 Å². The van der Waals surface area contributed by atoms with Gasteiger partial charge in [-0.1, -0.05) is 6.07 Å². The van der Waals surface area contributed by atoms with Crippen LogP contribution in [0.2, 0.25) is 0 Å². The molecule has 0 saturated carbocycles. The number of carbonyl (C=O) groups excluding carboxylic acids is 1. The molecule has 5 nitrogen and oxygen atoms in total. The number of thiazole rings is 1. The van der Waals surface area contributed by atoms with Crippen molar-refractivity contribution in [3.05, 3.63) is 45.6 Å². The maximum absolute atomic E-state index is 12.3. The minimum Gasteiger partial charge on any atom is -0.444 e. The zero-order chi connectivity index (χ0) is 16.4. The lowest BCUT2D eigenvalue weighted by molar-refractivity contribution is -0.122. The third kappa shape index (κ3) is 3.68. The van der Waals surface area contributed by atoms with Crippen molar-refractivity contribution in [2.24, 2.45) is 0 Å². The Bertz CT molecular complexity index is 803. The van der Waals surface area contributed by atoms with E-state index in [4.69, 9.17) is 4.42 Å². The van der Waals surface area contributed by atoms with E-state index < -0.39 is 5.54 Å². The van der Waals surface area contributed by atoms with Gasteiger partial charge >= 0.3 is 0 Å². The lowest BCUT2D eigenvalue weighted by atomic mass is 10.1. The first-order valence-electron chi connectivity index (χ1n) is 7.16. The summed E-state index contributed by atoms with van der Waals surface area (Å²) in [4.78, 5) is 22.1. The standard InChI is InChI=1S/C16H17N3O2S2/c1-10-9-23-15(17-10)16(2,3)19-13(20)7-11-8-21-14(18-11)12-5-4-6-22-12/h4-6,8-9H,7H2,1-3H3,(H,19,20). The molecule has 0 atom stereocenters. The number of thiophene rings is 1. The Morgan fingerprint density at radius 2 is 2.17 bits per heavy atom. The van der Waals surface area contributed by atoms with E-state index in [0.29, 0.717) is 11.6 Å². The zero-order valence-corrected chi connectivity index (χ0v) is 14.8. The average Bonchev–Trinajstić information content (AvgIpc) is 3.17. The zero-order valence-electron chi connectivity index (χ0n) is 13.1. The van der Waals surface area contributed by atoms with Crippen LogP contribution in [0.15, 0.2) is 33.6 Å². The van der Waals surface area contributed by atoms with Crippen LogP contribution in [0.4, 0.5) is 0 Å². The molecular weight excluding hydrogens is 330 g/mol. The summed E-state index contributed by atoms with van der Waals surface area (Å²) in [6.45, 7) is 5.84. The number of aryl methyl sites for hydroxylation is 1. The number of carbonyl (C=O) groups is 1. The van der Waals surface area contributed by atoms with E-state index in [1.54, 1.807) is 22.7 Å². The SMILES string of the molecule is Cc1csc(C(C)(C)NC(=O)Cc2coc(-c3cccs3)n2)n1. The highest BCUT2D eigenvalue weighted by atomic mass is 32.1. The van der Waals surface area contributed by atoms with Crippen molar-refractivity contribution in [2.75, 3.05) is 0 Å². The number of nitrogens with one attached hydrogen (secondary N) is 1. The molecular formula is C16H17N3O2S2. The van der Waals surface area contributed by atoms with Crippen molar-refractivity contribution in [1.29, 1.82) is 0 Å². The van der Waals surface area contributed by atoms with Crippen LogP contribution >= 0.6 is 22.7 Å². The summed E-state index contributed by atoms with van der Waals surface area (Å²) in [5, 5.41) is 7.84. The number of oxazole rings is 1. The van der Waals surface area contributed by atoms with Crippen LogP contribution in [-0.4, -0.2) is 15.9 Å². The van der Waals surface area contributed by atoms with Crippen molar-refractivity contribution < 1.29 is 9.21 Å². The van der Waals surface area contributed by atoms with Crippen LogP contribution in [0.5, 0.6) is 0 Å². The van der Waals surface area contributed by atoms with E-state index in [-0.39, 0.29) is 12.3 Å². The molecule has 0 saturated heterocycles. The van der Waals surface area contributed by atoms with Gasteiger partial charge in [0.15, 0.2) is 0 Å². The molecule has 0 unspecified atom stereocenters. The van der Waals surface area contributed by atoms with Crippen LogP contribution in [0.25, 0.3) is 10.8 Å². The molecule has 0 aliphatic carbocycles. The van der Waals surface area contributed by atoms with Crippen LogP contribution < -0.4 is 5.32 Å². The highest BCUT2D eigenvalue weighted by Crippen LogP contribution is 2.25. The second-order valence-electron chi connectivity index (χ2n) is 5.77. The predicted molar refractivity (Wildman–Crippen MR) is 91.5 cm³/mol. The van der Waals surface area contributed by atoms with Crippen molar-refractivity contribution in [2.45, 2.75) is 32.7 Å². The van der Waals surface area contributed by atoms with Crippen molar-refractivity contribution in [1.82, 2.24) is 15.3 Å². The fourth-order valence-corrected chi connectivity index (χ4v) is 3.69. The summed E-state index contributed by atoms with van der Waals surface area (Å²) < 4.78 is 5.44. The second-order valence-corrected chi connectivity index (χ2v) is 7.57. The Hall–Kier alpha value is -1.99. The summed E-state index contributed by atoms with van der Waals surface area (Å²) in [6, 6.07) is 3.88. The maximum atomic E-state index is 12.3. The van der Waals surface area contributed by atoms with Gasteiger partial charge in [-0.2, -0.15) is 0 Å². The number of nitrogens with zero attached hydrogens (tertiary/aromatic N) is 2. The fourth-order valence-electron chi connectivity index (χ4n) is 2.15. The van der Waals surface area contributed by atoms with Crippen LogP contribution in [0.1, 0.15) is 30.2 Å². The normalized spacial score (nSPS) is 11.6. The molecule has 0 bridgehead atoms. The second kappa shape index (κ2) is 6.25. The molecule has 120 valence electrons. The monoisotopic (exact) mass is 347 g/mol. The van der Waals surface area contributed by atoms with Gasteiger partial charge in [-0.15, -0.1) is 22.7 Å². The molecule has 0 aromatic carbocycles. The van der Waals surface area contributed by atoms with Gasteiger partial charge in [-0.3, -0.25) is 4.79 Å². The van der Waals surface area contributed by atoms with Crippen molar-refractivity contribution >= 4 is 28.6 Å². The van der Waals surface area contributed by atoms with Gasteiger partial charge in [0.25, 0.3) is 0 Å². The van der Waals surface area contributed by atoms with Gasteiger partial charge in [0.05, 0.1) is 22.5 Å². The Morgan fingerprint density at radius 1 is 1.35 bits per heavy atom. The number of rotatable bonds is 5. The van der Waals surface area contributed by atoms with E-state index in [9.17, 15) is 4.79 Å². The molecule has 0 radical (unpaired) electrons. The molecule has 0 aliphatic rings. The topological polar surface area (TPSA) is 68.0 Å². The number of hydrogen-bond donors (Lipinski definition) is 1. The van der Waals surface area contributed by atoms with Gasteiger partial charge in [0.1, 0.15) is 11.3 Å². The summed E-state index contributed by atoms with van der Waals surface area (Å²) in [7, 11) is 0. The Labute approximate surface area is 142 Å². The minimum atomic E-state index is -0.504. The molecule has 7 heteroatoms. The minimum absolute atomic E-state index is 0.103. The third-order valence-corrected chi connectivity index (χ3v) is 5.37. The van der Waals surface area contributed by atoms with Crippen molar-refractivity contribution in [3.63, 3.8) is 0 Å². The van der Waals surface area contributed by atoms with E-state index in [0.717, 1.165) is 15.6 Å². The van der Waals surface area contributed by atoms with E-state index in [2.05, 4.69) is 15.3 Å². The van der Waals surface area contributed by atoms with E-state index in [1.165, 1.54) is 6.26 Å². The van der Waals surface area contributed by atoms with Gasteiger partial charge < -0.3 is 9.73 Å². The lowest BCUT2D eigenvalue weighted by Gasteiger charge is -2.23. The highest BCUT2D eigenvalue weighted by molar-refractivity contribution is 7.13. The van der Waals surface area contributed by atoms with Crippen LogP contribution in [-0.2, 0) is 16.8 Å². The Kier molecular flexibility index (Phi) is 4.32. The first-order chi connectivity index (χ1) is 10.9. The van der Waals surface area contributed by atoms with Gasteiger partial charge in [-0.25, -0.2) is 9.97 Å². The molecule has 3 heterocycles. The van der Waals surface area contributed by atoms with Gasteiger partial charge in [0.2, 0.25) is 11.8 Å². The molecule has 0 spiro atoms. The molecule has 1 N–H and O–H groups in total. The highest BCUT2D eigenvalue weighted by Gasteiger charge is 2.26. The first kappa shape index (κ1) is 15.9. The number of hydrogen-bond acceptors (Lipinski definition) is 6. The lowest BCUT2D eigenvalue weighted by Crippen LogP contribution is -2.41. The van der Waals surface area contributed by atoms with Gasteiger partial charge in [0, 0.05) is 11.1 Å². The molecule has 3 aromatic heterocycles. The Balaban J connectivity index is 1.65. The summed E-state index contributed by atoms with van der Waals surface area (Å²) in [5.41, 5.74) is 1.08. The maximum Gasteiger partial charge on any atom is 0.236 e.